The summed E-state index contributed by atoms with van der Waals surface area (Å²) >= 11 is 0. The fraction of sp³-hybridized carbons (Fsp3) is 0.379. The Balaban J connectivity index is 1.47. The molecule has 196 valence electrons. The fourth-order valence-electron chi connectivity index (χ4n) is 4.58. The number of carbonyl (C=O) groups is 1. The van der Waals surface area contributed by atoms with Gasteiger partial charge in [-0.25, -0.2) is 14.2 Å². The van der Waals surface area contributed by atoms with E-state index in [2.05, 4.69) is 24.1 Å². The molecule has 1 saturated heterocycles. The van der Waals surface area contributed by atoms with Gasteiger partial charge >= 0.3 is 6.03 Å². The minimum Gasteiger partial charge on any atom is -0.457 e. The third kappa shape index (κ3) is 7.43. The van der Waals surface area contributed by atoms with Crippen molar-refractivity contribution in [3.05, 3.63) is 72.7 Å². The largest absolute Gasteiger partial charge is 0.457 e. The Morgan fingerprint density at radius 1 is 1.03 bits per heavy atom. The van der Waals surface area contributed by atoms with Gasteiger partial charge in [-0.1, -0.05) is 32.8 Å². The number of piperidine rings is 1. The number of rotatable bonds is 9. The minimum atomic E-state index is -0.722. The highest BCUT2D eigenvalue weighted by atomic mass is 19.1. The van der Waals surface area contributed by atoms with E-state index >= 15 is 0 Å². The smallest absolute Gasteiger partial charge is 0.321 e. The molecule has 1 fully saturated rings. The SMILES string of the molecule is CCC(CC)CC1(O)CCN(C(=O)Nc2cc(Oc3ccc(F)cc3)cc(Oc3ccccn3)c2)CC1. The van der Waals surface area contributed by atoms with Crippen molar-refractivity contribution in [3.8, 4) is 23.1 Å². The Kier molecular flexibility index (Phi) is 8.61. The Bertz CT molecular complexity index is 1160. The molecule has 1 aliphatic heterocycles. The van der Waals surface area contributed by atoms with E-state index in [1.807, 2.05) is 6.07 Å². The molecule has 2 amide bonds. The predicted molar refractivity (Wildman–Crippen MR) is 141 cm³/mol. The van der Waals surface area contributed by atoms with Crippen LogP contribution in [0.3, 0.4) is 0 Å². The Labute approximate surface area is 217 Å². The minimum absolute atomic E-state index is 0.257. The number of urea groups is 1. The molecule has 0 unspecified atom stereocenters. The number of likely N-dealkylation sites (tertiary alicyclic amines) is 1. The maximum absolute atomic E-state index is 13.3. The normalized spacial score (nSPS) is 14.9. The molecule has 8 heteroatoms. The van der Waals surface area contributed by atoms with E-state index in [1.165, 1.54) is 24.3 Å². The van der Waals surface area contributed by atoms with Crippen molar-refractivity contribution in [2.45, 2.75) is 51.6 Å². The topological polar surface area (TPSA) is 83.9 Å². The van der Waals surface area contributed by atoms with Crippen LogP contribution in [0.25, 0.3) is 0 Å². The summed E-state index contributed by atoms with van der Waals surface area (Å²) in [5, 5.41) is 14.0. The number of aliphatic hydroxyl groups is 1. The molecule has 2 heterocycles. The van der Waals surface area contributed by atoms with Crippen LogP contribution in [-0.4, -0.2) is 39.7 Å². The fourth-order valence-corrected chi connectivity index (χ4v) is 4.58. The summed E-state index contributed by atoms with van der Waals surface area (Å²) < 4.78 is 25.1. The van der Waals surface area contributed by atoms with Crippen LogP contribution < -0.4 is 14.8 Å². The van der Waals surface area contributed by atoms with Crippen LogP contribution in [0.4, 0.5) is 14.9 Å². The first-order valence-corrected chi connectivity index (χ1v) is 12.8. The van der Waals surface area contributed by atoms with Crippen molar-refractivity contribution < 1.29 is 23.8 Å². The molecule has 1 aromatic heterocycles. The van der Waals surface area contributed by atoms with Gasteiger partial charge in [-0.05, 0) is 55.5 Å². The zero-order valence-electron chi connectivity index (χ0n) is 21.3. The number of nitrogens with zero attached hydrogens (tertiary/aromatic N) is 2. The van der Waals surface area contributed by atoms with Gasteiger partial charge in [0.05, 0.1) is 5.60 Å². The van der Waals surface area contributed by atoms with Crippen molar-refractivity contribution in [2.24, 2.45) is 5.92 Å². The van der Waals surface area contributed by atoms with Crippen LogP contribution in [0.5, 0.6) is 23.1 Å². The molecular weight excluding hydrogens is 473 g/mol. The van der Waals surface area contributed by atoms with Crippen LogP contribution in [0.1, 0.15) is 46.0 Å². The standard InChI is InChI=1S/C29H34FN3O4/c1-3-21(4-2)20-29(35)12-15-33(16-13-29)28(34)32-23-17-25(36-24-10-8-22(30)9-11-24)19-26(18-23)37-27-7-5-6-14-31-27/h5-11,14,17-19,21,35H,3-4,12-13,15-16,20H2,1-2H3,(H,32,34). The third-order valence-corrected chi connectivity index (χ3v) is 6.85. The summed E-state index contributed by atoms with van der Waals surface area (Å²) in [4.78, 5) is 19.0. The van der Waals surface area contributed by atoms with Crippen molar-refractivity contribution in [1.29, 1.82) is 0 Å². The molecule has 2 aromatic carbocycles. The number of aromatic nitrogens is 1. The average Bonchev–Trinajstić information content (AvgIpc) is 2.89. The first kappa shape index (κ1) is 26.4. The van der Waals surface area contributed by atoms with Crippen molar-refractivity contribution in [1.82, 2.24) is 9.88 Å². The van der Waals surface area contributed by atoms with Crippen molar-refractivity contribution >= 4 is 11.7 Å². The quantitative estimate of drug-likeness (QED) is 0.326. The van der Waals surface area contributed by atoms with Gasteiger partial charge in [0, 0.05) is 49.2 Å². The van der Waals surface area contributed by atoms with Crippen LogP contribution >= 0.6 is 0 Å². The first-order valence-electron chi connectivity index (χ1n) is 12.8. The maximum atomic E-state index is 13.3. The lowest BCUT2D eigenvalue weighted by atomic mass is 9.81. The Morgan fingerprint density at radius 2 is 1.70 bits per heavy atom. The van der Waals surface area contributed by atoms with Gasteiger partial charge in [0.25, 0.3) is 0 Å². The number of nitrogens with one attached hydrogen (secondary N) is 1. The van der Waals surface area contributed by atoms with E-state index in [-0.39, 0.29) is 11.8 Å². The summed E-state index contributed by atoms with van der Waals surface area (Å²) in [6.07, 6.45) is 5.59. The lowest BCUT2D eigenvalue weighted by molar-refractivity contribution is -0.0309. The summed E-state index contributed by atoms with van der Waals surface area (Å²) in [7, 11) is 0. The average molecular weight is 508 g/mol. The van der Waals surface area contributed by atoms with E-state index in [0.29, 0.717) is 60.7 Å². The molecule has 2 N–H and O–H groups in total. The van der Waals surface area contributed by atoms with Gasteiger partial charge in [0.1, 0.15) is 23.1 Å². The highest BCUT2D eigenvalue weighted by Gasteiger charge is 2.35. The molecule has 3 aromatic rings. The summed E-state index contributed by atoms with van der Waals surface area (Å²) in [6.45, 7) is 5.26. The number of hydrogen-bond acceptors (Lipinski definition) is 5. The molecule has 0 saturated carbocycles. The molecule has 0 spiro atoms. The summed E-state index contributed by atoms with van der Waals surface area (Å²) in [5.74, 6) is 1.81. The van der Waals surface area contributed by atoms with Crippen LogP contribution in [0.15, 0.2) is 66.9 Å². The molecule has 4 rings (SSSR count). The van der Waals surface area contributed by atoms with Gasteiger partial charge in [-0.2, -0.15) is 0 Å². The zero-order valence-corrected chi connectivity index (χ0v) is 21.3. The van der Waals surface area contributed by atoms with E-state index in [9.17, 15) is 14.3 Å². The van der Waals surface area contributed by atoms with Crippen molar-refractivity contribution in [2.75, 3.05) is 18.4 Å². The van der Waals surface area contributed by atoms with Gasteiger partial charge in [0.2, 0.25) is 5.88 Å². The number of hydrogen-bond donors (Lipinski definition) is 2. The van der Waals surface area contributed by atoms with Crippen LogP contribution in [0.2, 0.25) is 0 Å². The van der Waals surface area contributed by atoms with E-state index in [1.54, 1.807) is 41.4 Å². The first-order chi connectivity index (χ1) is 17.9. The molecule has 0 atom stereocenters. The van der Waals surface area contributed by atoms with E-state index < -0.39 is 5.60 Å². The number of carbonyl (C=O) groups excluding carboxylic acids is 1. The maximum Gasteiger partial charge on any atom is 0.321 e. The zero-order chi connectivity index (χ0) is 26.3. The van der Waals surface area contributed by atoms with Crippen LogP contribution in [0, 0.1) is 11.7 Å². The summed E-state index contributed by atoms with van der Waals surface area (Å²) in [6, 6.07) is 15.8. The van der Waals surface area contributed by atoms with Crippen molar-refractivity contribution in [3.63, 3.8) is 0 Å². The lowest BCUT2D eigenvalue weighted by Gasteiger charge is -2.39. The second-order valence-electron chi connectivity index (χ2n) is 9.55. The second kappa shape index (κ2) is 12.1. The number of ether oxygens (including phenoxy) is 2. The lowest BCUT2D eigenvalue weighted by Crippen LogP contribution is -2.48. The second-order valence-corrected chi connectivity index (χ2v) is 9.55. The number of amides is 2. The third-order valence-electron chi connectivity index (χ3n) is 6.85. The molecular formula is C29H34FN3O4. The van der Waals surface area contributed by atoms with Gasteiger partial charge in [-0.3, -0.25) is 0 Å². The van der Waals surface area contributed by atoms with Gasteiger partial charge < -0.3 is 24.8 Å². The molecule has 0 aliphatic carbocycles. The van der Waals surface area contributed by atoms with Gasteiger partial charge in [-0.15, -0.1) is 0 Å². The molecule has 0 bridgehead atoms. The van der Waals surface area contributed by atoms with Crippen LogP contribution in [-0.2, 0) is 0 Å². The highest BCUT2D eigenvalue weighted by molar-refractivity contribution is 5.90. The molecule has 7 nitrogen and oxygen atoms in total. The highest BCUT2D eigenvalue weighted by Crippen LogP contribution is 2.34. The number of anilines is 1. The molecule has 37 heavy (non-hydrogen) atoms. The number of pyridine rings is 1. The summed E-state index contributed by atoms with van der Waals surface area (Å²) in [5.41, 5.74) is -0.242. The monoisotopic (exact) mass is 507 g/mol. The van der Waals surface area contributed by atoms with Gasteiger partial charge in [0.15, 0.2) is 0 Å². The predicted octanol–water partition coefficient (Wildman–Crippen LogP) is 6.99. The Hall–Kier alpha value is -3.65. The van der Waals surface area contributed by atoms with E-state index in [0.717, 1.165) is 19.3 Å². The number of benzene rings is 2. The number of halogens is 1. The van der Waals surface area contributed by atoms with E-state index in [4.69, 9.17) is 9.47 Å². The Morgan fingerprint density at radius 3 is 2.32 bits per heavy atom. The molecule has 1 aliphatic rings. The molecule has 0 radical (unpaired) electrons.